The third-order valence-electron chi connectivity index (χ3n) is 5.43. The number of ether oxygens (including phenoxy) is 2. The Labute approximate surface area is 142 Å². The fraction of sp³-hybridized carbons (Fsp3) is 0.667. The van der Waals surface area contributed by atoms with Gasteiger partial charge in [0.25, 0.3) is 0 Å². The maximum atomic E-state index is 13.3. The molecule has 0 saturated carbocycles. The van der Waals surface area contributed by atoms with E-state index >= 15 is 0 Å². The largest absolute Gasteiger partial charge is 0.496 e. The van der Waals surface area contributed by atoms with Crippen LogP contribution in [-0.4, -0.2) is 59.2 Å². The number of hydrogen-bond acceptors (Lipinski definition) is 5. The third-order valence-corrected chi connectivity index (χ3v) is 5.43. The molecule has 6 heteroatoms. The minimum absolute atomic E-state index is 0.311. The quantitative estimate of drug-likeness (QED) is 0.878. The van der Waals surface area contributed by atoms with Crippen molar-refractivity contribution in [1.29, 1.82) is 0 Å². The predicted octanol–water partition coefficient (Wildman–Crippen LogP) is 1.70. The first kappa shape index (κ1) is 17.6. The van der Waals surface area contributed by atoms with Gasteiger partial charge < -0.3 is 19.7 Å². The lowest BCUT2D eigenvalue weighted by atomic mass is 9.75. The first-order valence-corrected chi connectivity index (χ1v) is 8.45. The van der Waals surface area contributed by atoms with Crippen LogP contribution >= 0.6 is 0 Å². The average Bonchev–Trinajstić information content (AvgIpc) is 2.56. The number of piperidine rings is 1. The number of aliphatic hydroxyl groups is 2. The number of nitrogens with zero attached hydrogens (tertiary/aromatic N) is 1. The minimum Gasteiger partial charge on any atom is -0.496 e. The van der Waals surface area contributed by atoms with E-state index in [4.69, 9.17) is 9.47 Å². The topological polar surface area (TPSA) is 62.2 Å². The number of aliphatic hydroxyl groups excluding tert-OH is 1. The molecule has 0 aliphatic carbocycles. The van der Waals surface area contributed by atoms with Crippen molar-refractivity contribution in [3.8, 4) is 5.75 Å². The SMILES string of the molecule is COc1cc(F)ccc1CN1CCC2(CC1)OCC[C@@](C)(O)[C@@H]2O. The predicted molar refractivity (Wildman–Crippen MR) is 87.4 cm³/mol. The molecule has 3 rings (SSSR count). The molecule has 0 unspecified atom stereocenters. The molecule has 134 valence electrons. The van der Waals surface area contributed by atoms with Crippen LogP contribution in [0.3, 0.4) is 0 Å². The summed E-state index contributed by atoms with van der Waals surface area (Å²) < 4.78 is 24.5. The fourth-order valence-electron chi connectivity index (χ4n) is 3.84. The van der Waals surface area contributed by atoms with Gasteiger partial charge in [0.15, 0.2) is 0 Å². The van der Waals surface area contributed by atoms with Gasteiger partial charge in [-0.25, -0.2) is 4.39 Å². The number of methoxy groups -OCH3 is 1. The van der Waals surface area contributed by atoms with Crippen molar-refractivity contribution in [2.24, 2.45) is 0 Å². The molecule has 0 bridgehead atoms. The molecule has 1 aromatic carbocycles. The second-order valence-electron chi connectivity index (χ2n) is 7.16. The summed E-state index contributed by atoms with van der Waals surface area (Å²) in [6.07, 6.45) is 0.898. The van der Waals surface area contributed by atoms with Gasteiger partial charge in [0.1, 0.15) is 17.7 Å². The number of rotatable bonds is 3. The Morgan fingerprint density at radius 2 is 2.04 bits per heavy atom. The minimum atomic E-state index is -1.10. The number of hydrogen-bond donors (Lipinski definition) is 2. The Hall–Kier alpha value is -1.21. The molecule has 0 aromatic heterocycles. The zero-order valence-corrected chi connectivity index (χ0v) is 14.3. The van der Waals surface area contributed by atoms with Gasteiger partial charge in [0.2, 0.25) is 0 Å². The molecule has 0 radical (unpaired) electrons. The molecule has 0 amide bonds. The summed E-state index contributed by atoms with van der Waals surface area (Å²) >= 11 is 0. The highest BCUT2D eigenvalue weighted by Gasteiger charge is 2.52. The summed E-state index contributed by atoms with van der Waals surface area (Å²) in [6, 6.07) is 4.58. The van der Waals surface area contributed by atoms with E-state index in [0.29, 0.717) is 38.2 Å². The molecule has 1 aromatic rings. The fourth-order valence-corrected chi connectivity index (χ4v) is 3.84. The van der Waals surface area contributed by atoms with Crippen LogP contribution in [0, 0.1) is 5.82 Å². The highest BCUT2D eigenvalue weighted by Crippen LogP contribution is 2.40. The smallest absolute Gasteiger partial charge is 0.126 e. The van der Waals surface area contributed by atoms with E-state index < -0.39 is 17.3 Å². The van der Waals surface area contributed by atoms with Gasteiger partial charge in [0, 0.05) is 37.7 Å². The van der Waals surface area contributed by atoms with E-state index in [1.54, 1.807) is 13.0 Å². The van der Waals surface area contributed by atoms with Gasteiger partial charge in [-0.05, 0) is 25.8 Å². The maximum Gasteiger partial charge on any atom is 0.126 e. The summed E-state index contributed by atoms with van der Waals surface area (Å²) in [6.45, 7) is 4.29. The zero-order chi connectivity index (χ0) is 17.4. The van der Waals surface area contributed by atoms with Crippen molar-refractivity contribution in [2.75, 3.05) is 26.8 Å². The van der Waals surface area contributed by atoms with E-state index in [2.05, 4.69) is 4.90 Å². The van der Waals surface area contributed by atoms with E-state index in [1.165, 1.54) is 19.2 Å². The van der Waals surface area contributed by atoms with E-state index in [-0.39, 0.29) is 5.82 Å². The molecule has 2 saturated heterocycles. The normalized spacial score (nSPS) is 30.5. The van der Waals surface area contributed by atoms with Gasteiger partial charge >= 0.3 is 0 Å². The lowest BCUT2D eigenvalue weighted by Gasteiger charge is -2.51. The van der Waals surface area contributed by atoms with Crippen LogP contribution in [0.4, 0.5) is 4.39 Å². The lowest BCUT2D eigenvalue weighted by molar-refractivity contribution is -0.246. The van der Waals surface area contributed by atoms with Gasteiger partial charge in [-0.15, -0.1) is 0 Å². The molecule has 2 aliphatic rings. The second kappa shape index (κ2) is 6.59. The van der Waals surface area contributed by atoms with Gasteiger partial charge in [-0.2, -0.15) is 0 Å². The molecule has 1 spiro atoms. The van der Waals surface area contributed by atoms with E-state index in [0.717, 1.165) is 18.7 Å². The van der Waals surface area contributed by atoms with Crippen molar-refractivity contribution in [2.45, 2.75) is 50.0 Å². The van der Waals surface area contributed by atoms with Crippen LogP contribution in [-0.2, 0) is 11.3 Å². The van der Waals surface area contributed by atoms with Crippen molar-refractivity contribution >= 4 is 0 Å². The van der Waals surface area contributed by atoms with Crippen LogP contribution < -0.4 is 4.74 Å². The van der Waals surface area contributed by atoms with Crippen LogP contribution in [0.25, 0.3) is 0 Å². The zero-order valence-electron chi connectivity index (χ0n) is 14.3. The highest BCUT2D eigenvalue weighted by molar-refractivity contribution is 5.34. The third kappa shape index (κ3) is 3.28. The molecule has 2 heterocycles. The molecular formula is C18H26FNO4. The molecule has 24 heavy (non-hydrogen) atoms. The summed E-state index contributed by atoms with van der Waals surface area (Å²) in [5, 5.41) is 20.9. The Balaban J connectivity index is 1.65. The Morgan fingerprint density at radius 1 is 1.33 bits per heavy atom. The van der Waals surface area contributed by atoms with Crippen molar-refractivity contribution in [1.82, 2.24) is 4.90 Å². The molecule has 2 fully saturated rings. The number of benzene rings is 1. The standard InChI is InChI=1S/C18H26FNO4/c1-17(22)7-10-24-18(16(17)21)5-8-20(9-6-18)12-13-3-4-14(19)11-15(13)23-2/h3-4,11,16,21-22H,5-10,12H2,1-2H3/t16-,17+/m0/s1. The second-order valence-corrected chi connectivity index (χ2v) is 7.16. The molecule has 2 N–H and O–H groups in total. The monoisotopic (exact) mass is 339 g/mol. The van der Waals surface area contributed by atoms with Crippen LogP contribution in [0.1, 0.15) is 31.7 Å². The first-order valence-electron chi connectivity index (χ1n) is 8.45. The van der Waals surface area contributed by atoms with Crippen molar-refractivity contribution in [3.05, 3.63) is 29.6 Å². The van der Waals surface area contributed by atoms with E-state index in [1.807, 2.05) is 0 Å². The van der Waals surface area contributed by atoms with Crippen LogP contribution in [0.2, 0.25) is 0 Å². The molecular weight excluding hydrogens is 313 g/mol. The van der Waals surface area contributed by atoms with Gasteiger partial charge in [-0.3, -0.25) is 4.90 Å². The molecule has 2 atom stereocenters. The summed E-state index contributed by atoms with van der Waals surface area (Å²) in [4.78, 5) is 2.24. The summed E-state index contributed by atoms with van der Waals surface area (Å²) in [7, 11) is 1.54. The van der Waals surface area contributed by atoms with Crippen molar-refractivity contribution in [3.63, 3.8) is 0 Å². The number of halogens is 1. The Morgan fingerprint density at radius 3 is 2.71 bits per heavy atom. The molecule has 2 aliphatic heterocycles. The maximum absolute atomic E-state index is 13.3. The van der Waals surface area contributed by atoms with Crippen molar-refractivity contribution < 1.29 is 24.1 Å². The first-order chi connectivity index (χ1) is 11.4. The van der Waals surface area contributed by atoms with Crippen LogP contribution in [0.15, 0.2) is 18.2 Å². The Bertz CT molecular complexity index is 584. The van der Waals surface area contributed by atoms with Gasteiger partial charge in [0.05, 0.1) is 24.9 Å². The number of likely N-dealkylation sites (tertiary alicyclic amines) is 1. The Kier molecular flexibility index (Phi) is 4.84. The average molecular weight is 339 g/mol. The van der Waals surface area contributed by atoms with E-state index in [9.17, 15) is 14.6 Å². The van der Waals surface area contributed by atoms with Crippen LogP contribution in [0.5, 0.6) is 5.75 Å². The highest BCUT2D eigenvalue weighted by atomic mass is 19.1. The summed E-state index contributed by atoms with van der Waals surface area (Å²) in [5.74, 6) is 0.237. The lowest BCUT2D eigenvalue weighted by Crippen LogP contribution is -2.64. The van der Waals surface area contributed by atoms with Gasteiger partial charge in [-0.1, -0.05) is 6.07 Å². The summed E-state index contributed by atoms with van der Waals surface area (Å²) in [5.41, 5.74) is -0.821. The molecule has 5 nitrogen and oxygen atoms in total.